The van der Waals surface area contributed by atoms with E-state index in [-0.39, 0.29) is 6.04 Å². The summed E-state index contributed by atoms with van der Waals surface area (Å²) in [4.78, 5) is 0. The molecular formula is C19H25NO. The third kappa shape index (κ3) is 4.33. The van der Waals surface area contributed by atoms with E-state index >= 15 is 0 Å². The highest BCUT2D eigenvalue weighted by Gasteiger charge is 2.08. The van der Waals surface area contributed by atoms with Crippen LogP contribution in [-0.4, -0.2) is 6.61 Å². The van der Waals surface area contributed by atoms with Crippen LogP contribution in [0, 0.1) is 0 Å². The first kappa shape index (κ1) is 15.6. The van der Waals surface area contributed by atoms with Crippen LogP contribution in [-0.2, 0) is 6.42 Å². The summed E-state index contributed by atoms with van der Waals surface area (Å²) in [5.74, 6) is 1.42. The zero-order valence-electron chi connectivity index (χ0n) is 13.2. The van der Waals surface area contributed by atoms with E-state index < -0.39 is 0 Å². The van der Waals surface area contributed by atoms with Crippen LogP contribution < -0.4 is 10.5 Å². The van der Waals surface area contributed by atoms with Crippen molar-refractivity contribution in [3.63, 3.8) is 0 Å². The number of ether oxygens (including phenoxy) is 1. The summed E-state index contributed by atoms with van der Waals surface area (Å²) in [6.45, 7) is 7.02. The molecule has 112 valence electrons. The maximum atomic E-state index is 6.20. The van der Waals surface area contributed by atoms with Crippen molar-refractivity contribution in [2.75, 3.05) is 6.61 Å². The van der Waals surface area contributed by atoms with Crippen LogP contribution in [0.2, 0.25) is 0 Å². The molecule has 0 fully saturated rings. The molecule has 1 unspecified atom stereocenters. The number of benzene rings is 2. The van der Waals surface area contributed by atoms with Gasteiger partial charge in [-0.2, -0.15) is 0 Å². The molecule has 0 spiro atoms. The van der Waals surface area contributed by atoms with Gasteiger partial charge in [0.2, 0.25) is 0 Å². The molecule has 0 saturated heterocycles. The third-order valence-corrected chi connectivity index (χ3v) is 3.79. The fourth-order valence-electron chi connectivity index (χ4n) is 2.23. The summed E-state index contributed by atoms with van der Waals surface area (Å²) in [5.41, 5.74) is 9.97. The lowest BCUT2D eigenvalue weighted by Gasteiger charge is -2.15. The molecule has 0 heterocycles. The molecule has 0 aliphatic heterocycles. The van der Waals surface area contributed by atoms with Gasteiger partial charge in [-0.3, -0.25) is 0 Å². The number of rotatable bonds is 6. The predicted octanol–water partition coefficient (Wildman–Crippen LogP) is 4.45. The summed E-state index contributed by atoms with van der Waals surface area (Å²) in [7, 11) is 0. The van der Waals surface area contributed by atoms with Gasteiger partial charge in [-0.25, -0.2) is 0 Å². The fourth-order valence-corrected chi connectivity index (χ4v) is 2.23. The Morgan fingerprint density at radius 1 is 0.905 bits per heavy atom. The normalized spacial score (nSPS) is 12.4. The summed E-state index contributed by atoms with van der Waals surface area (Å²) >= 11 is 0. The Bertz CT molecular complexity index is 543. The van der Waals surface area contributed by atoms with Gasteiger partial charge in [0.15, 0.2) is 0 Å². The first-order chi connectivity index (χ1) is 10.1. The van der Waals surface area contributed by atoms with Crippen LogP contribution in [0.3, 0.4) is 0 Å². The minimum absolute atomic E-state index is 0.0999. The molecule has 2 rings (SSSR count). The van der Waals surface area contributed by atoms with Crippen LogP contribution >= 0.6 is 0 Å². The summed E-state index contributed by atoms with van der Waals surface area (Å²) in [5, 5.41) is 0. The van der Waals surface area contributed by atoms with E-state index in [1.165, 1.54) is 11.1 Å². The van der Waals surface area contributed by atoms with Crippen LogP contribution in [0.25, 0.3) is 0 Å². The molecule has 0 aliphatic rings. The standard InChI is InChI=1S/C19H25NO/c1-4-15-5-11-18(12-6-15)21-13-19(20)17-9-7-16(8-10-17)14(2)3/h5-12,14,19H,4,13,20H2,1-3H3. The van der Waals surface area contributed by atoms with Crippen molar-refractivity contribution in [2.24, 2.45) is 5.73 Å². The topological polar surface area (TPSA) is 35.2 Å². The fraction of sp³-hybridized carbons (Fsp3) is 0.368. The van der Waals surface area contributed by atoms with E-state index in [9.17, 15) is 0 Å². The average molecular weight is 283 g/mol. The van der Waals surface area contributed by atoms with Gasteiger partial charge in [0.25, 0.3) is 0 Å². The van der Waals surface area contributed by atoms with Gasteiger partial charge in [0.1, 0.15) is 12.4 Å². The van der Waals surface area contributed by atoms with Crippen molar-refractivity contribution >= 4 is 0 Å². The van der Waals surface area contributed by atoms with E-state index in [1.807, 2.05) is 12.1 Å². The Labute approximate surface area is 127 Å². The Hall–Kier alpha value is -1.80. The SMILES string of the molecule is CCc1ccc(OCC(N)c2ccc(C(C)C)cc2)cc1. The van der Waals surface area contributed by atoms with Crippen molar-refractivity contribution in [2.45, 2.75) is 39.2 Å². The van der Waals surface area contributed by atoms with Gasteiger partial charge in [0, 0.05) is 0 Å². The highest BCUT2D eigenvalue weighted by Crippen LogP contribution is 2.19. The summed E-state index contributed by atoms with van der Waals surface area (Å²) in [6, 6.07) is 16.6. The highest BCUT2D eigenvalue weighted by atomic mass is 16.5. The Morgan fingerprint density at radius 3 is 2.00 bits per heavy atom. The van der Waals surface area contributed by atoms with Crippen LogP contribution in [0.5, 0.6) is 5.75 Å². The Balaban J connectivity index is 1.92. The largest absolute Gasteiger partial charge is 0.492 e. The van der Waals surface area contributed by atoms with E-state index in [1.54, 1.807) is 0 Å². The second-order valence-corrected chi connectivity index (χ2v) is 5.74. The Morgan fingerprint density at radius 2 is 1.48 bits per heavy atom. The summed E-state index contributed by atoms with van der Waals surface area (Å²) in [6.07, 6.45) is 1.04. The van der Waals surface area contributed by atoms with Crippen molar-refractivity contribution in [3.05, 3.63) is 65.2 Å². The molecule has 2 aromatic rings. The molecule has 0 aromatic heterocycles. The van der Waals surface area contributed by atoms with Crippen molar-refractivity contribution in [1.82, 2.24) is 0 Å². The zero-order chi connectivity index (χ0) is 15.2. The minimum Gasteiger partial charge on any atom is -0.492 e. The molecule has 0 aliphatic carbocycles. The van der Waals surface area contributed by atoms with Crippen molar-refractivity contribution in [1.29, 1.82) is 0 Å². The lowest BCUT2D eigenvalue weighted by molar-refractivity contribution is 0.290. The molecule has 2 nitrogen and oxygen atoms in total. The van der Waals surface area contributed by atoms with Gasteiger partial charge < -0.3 is 10.5 Å². The maximum Gasteiger partial charge on any atom is 0.119 e. The first-order valence-corrected chi connectivity index (χ1v) is 7.67. The van der Waals surface area contributed by atoms with Gasteiger partial charge in [-0.05, 0) is 41.2 Å². The number of hydrogen-bond donors (Lipinski definition) is 1. The highest BCUT2D eigenvalue weighted by molar-refractivity contribution is 5.29. The second kappa shape index (κ2) is 7.28. The lowest BCUT2D eigenvalue weighted by atomic mass is 9.99. The van der Waals surface area contributed by atoms with E-state index in [0.29, 0.717) is 12.5 Å². The molecule has 1 atom stereocenters. The van der Waals surface area contributed by atoms with Gasteiger partial charge in [-0.15, -0.1) is 0 Å². The maximum absolute atomic E-state index is 6.20. The van der Waals surface area contributed by atoms with Gasteiger partial charge in [-0.1, -0.05) is 57.2 Å². The first-order valence-electron chi connectivity index (χ1n) is 7.67. The van der Waals surface area contributed by atoms with Crippen molar-refractivity contribution in [3.8, 4) is 5.75 Å². The van der Waals surface area contributed by atoms with E-state index in [4.69, 9.17) is 10.5 Å². The number of nitrogens with two attached hydrogens (primary N) is 1. The molecule has 2 heteroatoms. The average Bonchev–Trinajstić information content (AvgIpc) is 2.53. The van der Waals surface area contributed by atoms with Crippen LogP contribution in [0.4, 0.5) is 0 Å². The molecule has 2 aromatic carbocycles. The quantitative estimate of drug-likeness (QED) is 0.850. The Kier molecular flexibility index (Phi) is 5.40. The van der Waals surface area contributed by atoms with E-state index in [0.717, 1.165) is 17.7 Å². The predicted molar refractivity (Wildman–Crippen MR) is 88.8 cm³/mol. The molecule has 0 radical (unpaired) electrons. The molecule has 2 N–H and O–H groups in total. The van der Waals surface area contributed by atoms with Crippen LogP contribution in [0.1, 0.15) is 49.4 Å². The zero-order valence-corrected chi connectivity index (χ0v) is 13.2. The third-order valence-electron chi connectivity index (χ3n) is 3.79. The minimum atomic E-state index is -0.0999. The second-order valence-electron chi connectivity index (χ2n) is 5.74. The van der Waals surface area contributed by atoms with Gasteiger partial charge >= 0.3 is 0 Å². The van der Waals surface area contributed by atoms with E-state index in [2.05, 4.69) is 57.2 Å². The van der Waals surface area contributed by atoms with Crippen LogP contribution in [0.15, 0.2) is 48.5 Å². The van der Waals surface area contributed by atoms with Gasteiger partial charge in [0.05, 0.1) is 6.04 Å². The molecular weight excluding hydrogens is 258 g/mol. The molecule has 21 heavy (non-hydrogen) atoms. The molecule has 0 bridgehead atoms. The monoisotopic (exact) mass is 283 g/mol. The smallest absolute Gasteiger partial charge is 0.119 e. The lowest BCUT2D eigenvalue weighted by Crippen LogP contribution is -2.19. The number of aryl methyl sites for hydroxylation is 1. The number of hydrogen-bond acceptors (Lipinski definition) is 2. The van der Waals surface area contributed by atoms with Crippen molar-refractivity contribution < 1.29 is 4.74 Å². The summed E-state index contributed by atoms with van der Waals surface area (Å²) < 4.78 is 5.77. The molecule has 0 amide bonds. The molecule has 0 saturated carbocycles.